The molecule has 0 saturated carbocycles. The SMILES string of the molecule is Cc1ccccc1CSc1ncnc2sc3c(c12)CCCC3. The van der Waals surface area contributed by atoms with E-state index >= 15 is 0 Å². The highest BCUT2D eigenvalue weighted by molar-refractivity contribution is 7.98. The zero-order chi connectivity index (χ0) is 14.9. The lowest BCUT2D eigenvalue weighted by Crippen LogP contribution is -1.99. The van der Waals surface area contributed by atoms with E-state index in [2.05, 4.69) is 41.2 Å². The van der Waals surface area contributed by atoms with Crippen molar-refractivity contribution in [1.82, 2.24) is 9.97 Å². The van der Waals surface area contributed by atoms with E-state index in [4.69, 9.17) is 0 Å². The molecule has 4 heteroatoms. The smallest absolute Gasteiger partial charge is 0.128 e. The van der Waals surface area contributed by atoms with E-state index < -0.39 is 0 Å². The first-order valence-electron chi connectivity index (χ1n) is 7.75. The highest BCUT2D eigenvalue weighted by Crippen LogP contribution is 2.39. The van der Waals surface area contributed by atoms with E-state index in [0.717, 1.165) is 10.8 Å². The first kappa shape index (κ1) is 14.2. The standard InChI is InChI=1S/C18H18N2S2/c1-12-6-2-3-7-13(12)10-21-17-16-14-8-4-5-9-15(14)22-18(16)20-11-19-17/h2-3,6-7,11H,4-5,8-10H2,1H3. The Labute approximate surface area is 139 Å². The molecule has 0 amide bonds. The molecule has 4 rings (SSSR count). The summed E-state index contributed by atoms with van der Waals surface area (Å²) in [5.74, 6) is 0.976. The van der Waals surface area contributed by atoms with Gasteiger partial charge in [0.15, 0.2) is 0 Å². The molecule has 2 aromatic heterocycles. The fourth-order valence-corrected chi connectivity index (χ4v) is 5.48. The number of benzene rings is 1. The van der Waals surface area contributed by atoms with Crippen molar-refractivity contribution in [2.75, 3.05) is 0 Å². The van der Waals surface area contributed by atoms with Gasteiger partial charge in [0, 0.05) is 16.0 Å². The summed E-state index contributed by atoms with van der Waals surface area (Å²) in [6.45, 7) is 2.18. The minimum Gasteiger partial charge on any atom is -0.229 e. The Morgan fingerprint density at radius 1 is 1.14 bits per heavy atom. The second-order valence-electron chi connectivity index (χ2n) is 5.79. The van der Waals surface area contributed by atoms with Crippen molar-refractivity contribution in [1.29, 1.82) is 0 Å². The number of aryl methyl sites for hydroxylation is 3. The second-order valence-corrected chi connectivity index (χ2v) is 7.83. The minimum absolute atomic E-state index is 0.976. The van der Waals surface area contributed by atoms with Crippen LogP contribution in [0, 0.1) is 6.92 Å². The van der Waals surface area contributed by atoms with Crippen molar-refractivity contribution in [3.8, 4) is 0 Å². The third-order valence-corrected chi connectivity index (χ3v) is 6.58. The summed E-state index contributed by atoms with van der Waals surface area (Å²) in [4.78, 5) is 11.8. The van der Waals surface area contributed by atoms with E-state index in [1.807, 2.05) is 23.1 Å². The Morgan fingerprint density at radius 3 is 2.91 bits per heavy atom. The molecule has 0 N–H and O–H groups in total. The molecular formula is C18H18N2S2. The average Bonchev–Trinajstić information content (AvgIpc) is 2.93. The number of rotatable bonds is 3. The molecule has 2 heterocycles. The molecular weight excluding hydrogens is 308 g/mol. The van der Waals surface area contributed by atoms with Crippen LogP contribution in [-0.4, -0.2) is 9.97 Å². The Balaban J connectivity index is 1.70. The van der Waals surface area contributed by atoms with Gasteiger partial charge in [0.1, 0.15) is 16.2 Å². The summed E-state index contributed by atoms with van der Waals surface area (Å²) in [5.41, 5.74) is 4.27. The number of nitrogens with zero attached hydrogens (tertiary/aromatic N) is 2. The average molecular weight is 326 g/mol. The maximum Gasteiger partial charge on any atom is 0.128 e. The third-order valence-electron chi connectivity index (χ3n) is 4.34. The van der Waals surface area contributed by atoms with Crippen LogP contribution in [-0.2, 0) is 18.6 Å². The van der Waals surface area contributed by atoms with Gasteiger partial charge in [-0.05, 0) is 49.3 Å². The summed E-state index contributed by atoms with van der Waals surface area (Å²) in [7, 11) is 0. The molecule has 0 atom stereocenters. The summed E-state index contributed by atoms with van der Waals surface area (Å²) in [6.07, 6.45) is 6.76. The lowest BCUT2D eigenvalue weighted by Gasteiger charge is -2.11. The minimum atomic E-state index is 0.976. The van der Waals surface area contributed by atoms with Gasteiger partial charge in [-0.15, -0.1) is 23.1 Å². The lowest BCUT2D eigenvalue weighted by atomic mass is 9.97. The van der Waals surface area contributed by atoms with Crippen molar-refractivity contribution in [3.05, 3.63) is 52.2 Å². The monoisotopic (exact) mass is 326 g/mol. The van der Waals surface area contributed by atoms with Gasteiger partial charge in [-0.25, -0.2) is 9.97 Å². The Kier molecular flexibility index (Phi) is 3.89. The molecule has 0 saturated heterocycles. The zero-order valence-electron chi connectivity index (χ0n) is 12.6. The van der Waals surface area contributed by atoms with Crippen LogP contribution < -0.4 is 0 Å². The molecule has 112 valence electrons. The Bertz CT molecular complexity index is 823. The summed E-state index contributed by atoms with van der Waals surface area (Å²) >= 11 is 3.72. The first-order chi connectivity index (χ1) is 10.8. The van der Waals surface area contributed by atoms with E-state index in [-0.39, 0.29) is 0 Å². The first-order valence-corrected chi connectivity index (χ1v) is 9.55. The van der Waals surface area contributed by atoms with Gasteiger partial charge < -0.3 is 0 Å². The maximum absolute atomic E-state index is 4.59. The second kappa shape index (κ2) is 6.01. The number of thioether (sulfide) groups is 1. The van der Waals surface area contributed by atoms with Crippen molar-refractivity contribution >= 4 is 33.3 Å². The van der Waals surface area contributed by atoms with Gasteiger partial charge in [-0.1, -0.05) is 24.3 Å². The molecule has 3 aromatic rings. The summed E-state index contributed by atoms with van der Waals surface area (Å²) in [5, 5.41) is 2.49. The van der Waals surface area contributed by atoms with Gasteiger partial charge in [0.25, 0.3) is 0 Å². The highest BCUT2D eigenvalue weighted by Gasteiger charge is 2.19. The van der Waals surface area contributed by atoms with Gasteiger partial charge in [-0.3, -0.25) is 0 Å². The van der Waals surface area contributed by atoms with Crippen LogP contribution in [0.4, 0.5) is 0 Å². The zero-order valence-corrected chi connectivity index (χ0v) is 14.3. The normalized spacial score (nSPS) is 14.2. The van der Waals surface area contributed by atoms with Crippen LogP contribution in [0.2, 0.25) is 0 Å². The molecule has 0 unspecified atom stereocenters. The number of hydrogen-bond donors (Lipinski definition) is 0. The van der Waals surface area contributed by atoms with Gasteiger partial charge in [-0.2, -0.15) is 0 Å². The predicted molar refractivity (Wildman–Crippen MR) is 94.8 cm³/mol. The molecule has 22 heavy (non-hydrogen) atoms. The number of hydrogen-bond acceptors (Lipinski definition) is 4. The van der Waals surface area contributed by atoms with Gasteiger partial charge in [0.05, 0.1) is 0 Å². The number of fused-ring (bicyclic) bond motifs is 3. The van der Waals surface area contributed by atoms with Crippen LogP contribution in [0.15, 0.2) is 35.6 Å². The van der Waals surface area contributed by atoms with Crippen LogP contribution >= 0.6 is 23.1 Å². The predicted octanol–water partition coefficient (Wildman–Crippen LogP) is 5.17. The fraction of sp³-hybridized carbons (Fsp3) is 0.333. The Morgan fingerprint density at radius 2 is 2.00 bits per heavy atom. The van der Waals surface area contributed by atoms with Crippen molar-refractivity contribution < 1.29 is 0 Å². The Hall–Kier alpha value is -1.39. The molecule has 0 aliphatic heterocycles. The quantitative estimate of drug-likeness (QED) is 0.490. The van der Waals surface area contributed by atoms with E-state index in [0.29, 0.717) is 0 Å². The van der Waals surface area contributed by atoms with Crippen LogP contribution in [0.1, 0.15) is 34.4 Å². The van der Waals surface area contributed by atoms with E-state index in [1.54, 1.807) is 11.2 Å². The molecule has 2 nitrogen and oxygen atoms in total. The molecule has 0 radical (unpaired) electrons. The number of aromatic nitrogens is 2. The largest absolute Gasteiger partial charge is 0.229 e. The fourth-order valence-electron chi connectivity index (χ4n) is 3.09. The van der Waals surface area contributed by atoms with Crippen LogP contribution in [0.3, 0.4) is 0 Å². The van der Waals surface area contributed by atoms with Crippen molar-refractivity contribution in [2.24, 2.45) is 0 Å². The molecule has 1 aromatic carbocycles. The lowest BCUT2D eigenvalue weighted by molar-refractivity contribution is 0.699. The third kappa shape index (κ3) is 2.55. The summed E-state index contributed by atoms with van der Waals surface area (Å²) < 4.78 is 0. The molecule has 0 fully saturated rings. The molecule has 1 aliphatic carbocycles. The highest BCUT2D eigenvalue weighted by atomic mass is 32.2. The van der Waals surface area contributed by atoms with E-state index in [9.17, 15) is 0 Å². The maximum atomic E-state index is 4.59. The molecule has 1 aliphatic rings. The van der Waals surface area contributed by atoms with Crippen LogP contribution in [0.5, 0.6) is 0 Å². The topological polar surface area (TPSA) is 25.8 Å². The summed E-state index contributed by atoms with van der Waals surface area (Å²) in [6, 6.07) is 8.61. The molecule has 0 bridgehead atoms. The van der Waals surface area contributed by atoms with E-state index in [1.165, 1.54) is 52.6 Å². The molecule has 0 spiro atoms. The van der Waals surface area contributed by atoms with Crippen LogP contribution in [0.25, 0.3) is 10.2 Å². The van der Waals surface area contributed by atoms with Gasteiger partial charge >= 0.3 is 0 Å². The van der Waals surface area contributed by atoms with Crippen molar-refractivity contribution in [2.45, 2.75) is 43.4 Å². The number of thiophene rings is 1. The van der Waals surface area contributed by atoms with Gasteiger partial charge in [0.2, 0.25) is 0 Å². The van der Waals surface area contributed by atoms with Crippen molar-refractivity contribution in [3.63, 3.8) is 0 Å².